The second-order valence-electron chi connectivity index (χ2n) is 10.6. The fourth-order valence-electron chi connectivity index (χ4n) is 6.61. The van der Waals surface area contributed by atoms with Crippen LogP contribution in [0.25, 0.3) is 87.3 Å². The molecular weight excluding hydrogens is 496 g/mol. The molecule has 1 aromatic heterocycles. The quantitative estimate of drug-likeness (QED) is 0.205. The van der Waals surface area contributed by atoms with Crippen molar-refractivity contribution in [3.63, 3.8) is 0 Å². The van der Waals surface area contributed by atoms with Crippen molar-refractivity contribution in [2.45, 2.75) is 0 Å². The van der Waals surface area contributed by atoms with Crippen molar-refractivity contribution in [3.8, 4) is 22.3 Å². The maximum Gasteiger partial charge on any atom is 0.143 e. The van der Waals surface area contributed by atoms with Crippen molar-refractivity contribution < 1.29 is 8.53 Å². The Labute approximate surface area is 241 Å². The van der Waals surface area contributed by atoms with Gasteiger partial charge in [0.25, 0.3) is 0 Å². The minimum Gasteiger partial charge on any atom is -0.455 e. The number of hydrogen-bond acceptors (Lipinski definition) is 1. The van der Waals surface area contributed by atoms with Crippen LogP contribution in [0.2, 0.25) is 0 Å². The van der Waals surface area contributed by atoms with Crippen LogP contribution >= 0.6 is 0 Å². The van der Waals surface area contributed by atoms with E-state index >= 15 is 0 Å². The van der Waals surface area contributed by atoms with Gasteiger partial charge < -0.3 is 4.42 Å². The van der Waals surface area contributed by atoms with E-state index in [9.17, 15) is 1.37 Å². The predicted octanol–water partition coefficient (Wildman–Crippen LogP) is 11.5. The molecule has 0 saturated carbocycles. The lowest BCUT2D eigenvalue weighted by Gasteiger charge is -2.18. The van der Waals surface area contributed by atoms with Gasteiger partial charge in [0.15, 0.2) is 0 Å². The molecule has 1 heterocycles. The van der Waals surface area contributed by atoms with Crippen molar-refractivity contribution in [1.82, 2.24) is 0 Å². The van der Waals surface area contributed by atoms with Crippen LogP contribution in [-0.2, 0) is 0 Å². The van der Waals surface area contributed by atoms with E-state index in [2.05, 4.69) is 78.9 Å². The second kappa shape index (κ2) is 8.55. The van der Waals surface area contributed by atoms with Crippen molar-refractivity contribution >= 4 is 65.0 Å². The Morgan fingerprint density at radius 3 is 1.78 bits per heavy atom. The Balaban J connectivity index is 1.47. The number of furan rings is 1. The van der Waals surface area contributed by atoms with Crippen LogP contribution in [-0.4, -0.2) is 0 Å². The summed E-state index contributed by atoms with van der Waals surface area (Å²) in [5.74, 6) is 0. The Bertz CT molecular complexity index is 2590. The topological polar surface area (TPSA) is 13.1 Å². The summed E-state index contributed by atoms with van der Waals surface area (Å²) in [4.78, 5) is 0. The van der Waals surface area contributed by atoms with Crippen LogP contribution in [0.4, 0.5) is 0 Å². The van der Waals surface area contributed by atoms with E-state index in [0.29, 0.717) is 22.1 Å². The normalized spacial score (nSPS) is 12.9. The van der Waals surface area contributed by atoms with E-state index in [1.807, 2.05) is 48.5 Å². The van der Waals surface area contributed by atoms with Gasteiger partial charge in [0.05, 0.1) is 4.11 Å². The predicted molar refractivity (Wildman–Crippen MR) is 175 cm³/mol. The van der Waals surface area contributed by atoms with Crippen molar-refractivity contribution in [1.29, 1.82) is 0 Å². The molecule has 0 fully saturated rings. The molecule has 0 bridgehead atoms. The van der Waals surface area contributed by atoms with E-state index in [1.54, 1.807) is 0 Å². The third-order valence-corrected chi connectivity index (χ3v) is 8.40. The van der Waals surface area contributed by atoms with E-state index in [0.717, 1.165) is 54.4 Å². The number of benzene rings is 8. The minimum atomic E-state index is -0.102. The molecule has 1 nitrogen and oxygen atoms in total. The van der Waals surface area contributed by atoms with Crippen molar-refractivity contribution in [2.24, 2.45) is 0 Å². The lowest BCUT2D eigenvalue weighted by Crippen LogP contribution is -1.91. The van der Waals surface area contributed by atoms with Crippen LogP contribution in [0.3, 0.4) is 0 Å². The van der Waals surface area contributed by atoms with Gasteiger partial charge in [-0.15, -0.1) is 0 Å². The molecule has 0 spiro atoms. The van der Waals surface area contributed by atoms with Crippen molar-refractivity contribution in [2.75, 3.05) is 0 Å². The SMILES string of the molecule is [2H]c1c([2H])c([2H])c2c(oc3ccc4ccccc4c32)c1-c1c2ccccc2c(-c2ccc3ccccc3c2)c2ccccc12. The Kier molecular flexibility index (Phi) is 4.09. The lowest BCUT2D eigenvalue weighted by molar-refractivity contribution is 0.670. The van der Waals surface area contributed by atoms with E-state index in [4.69, 9.17) is 7.16 Å². The molecule has 0 N–H and O–H groups in total. The van der Waals surface area contributed by atoms with Crippen LogP contribution in [0.15, 0.2) is 150 Å². The second-order valence-corrected chi connectivity index (χ2v) is 10.6. The number of rotatable bonds is 2. The van der Waals surface area contributed by atoms with E-state index in [1.165, 1.54) is 10.8 Å². The summed E-state index contributed by atoms with van der Waals surface area (Å²) in [5, 5.41) is 9.87. The molecule has 1 heteroatoms. The number of hydrogen-bond donors (Lipinski definition) is 0. The summed E-state index contributed by atoms with van der Waals surface area (Å²) in [5.41, 5.74) is 4.80. The molecule has 0 aliphatic rings. The number of para-hydroxylation sites is 1. The first-order valence-corrected chi connectivity index (χ1v) is 13.9. The smallest absolute Gasteiger partial charge is 0.143 e. The summed E-state index contributed by atoms with van der Waals surface area (Å²) >= 11 is 0. The van der Waals surface area contributed by atoms with E-state index in [-0.39, 0.29) is 18.1 Å². The molecule has 8 aromatic carbocycles. The average Bonchev–Trinajstić information content (AvgIpc) is 3.47. The zero-order chi connectivity index (χ0) is 29.5. The molecule has 0 aliphatic carbocycles. The third kappa shape index (κ3) is 3.24. The molecule has 190 valence electrons. The molecule has 41 heavy (non-hydrogen) atoms. The summed E-state index contributed by atoms with van der Waals surface area (Å²) in [6, 6.07) is 43.6. The fourth-order valence-corrected chi connectivity index (χ4v) is 6.61. The highest BCUT2D eigenvalue weighted by Crippen LogP contribution is 2.47. The monoisotopic (exact) mass is 523 g/mol. The van der Waals surface area contributed by atoms with Crippen LogP contribution in [0, 0.1) is 0 Å². The Hall–Kier alpha value is -5.40. The average molecular weight is 524 g/mol. The molecule has 0 aliphatic heterocycles. The first-order valence-electron chi connectivity index (χ1n) is 15.4. The van der Waals surface area contributed by atoms with Gasteiger partial charge in [-0.1, -0.05) is 133 Å². The van der Waals surface area contributed by atoms with Gasteiger partial charge in [0.2, 0.25) is 0 Å². The molecule has 0 radical (unpaired) electrons. The first-order chi connectivity index (χ1) is 21.6. The van der Waals surface area contributed by atoms with Gasteiger partial charge in [-0.25, -0.2) is 0 Å². The van der Waals surface area contributed by atoms with Crippen LogP contribution in [0.1, 0.15) is 4.11 Å². The standard InChI is InChI=1S/C40H24O/c1-2-12-27-24-28(21-20-25(27)10-1)37-30-14-5-7-16-32(30)38(33-17-8-6-15-31(33)37)34-18-9-19-35-39-29-13-4-3-11-26(29)22-23-36(39)41-40(34)35/h1-24H/i9D,18D,19D. The number of fused-ring (bicyclic) bond motifs is 8. The van der Waals surface area contributed by atoms with E-state index < -0.39 is 0 Å². The van der Waals surface area contributed by atoms with Crippen LogP contribution in [0.5, 0.6) is 0 Å². The minimum absolute atomic E-state index is 0.000349. The van der Waals surface area contributed by atoms with Crippen molar-refractivity contribution in [3.05, 3.63) is 146 Å². The maximum absolute atomic E-state index is 9.28. The highest BCUT2D eigenvalue weighted by Gasteiger charge is 2.20. The highest BCUT2D eigenvalue weighted by atomic mass is 16.3. The maximum atomic E-state index is 9.28. The van der Waals surface area contributed by atoms with Gasteiger partial charge in [-0.2, -0.15) is 0 Å². The zero-order valence-corrected chi connectivity index (χ0v) is 22.0. The molecule has 0 atom stereocenters. The van der Waals surface area contributed by atoms with Gasteiger partial charge in [-0.3, -0.25) is 0 Å². The molecule has 9 aromatic rings. The molecular formula is C40H24O. The molecule has 0 unspecified atom stereocenters. The molecule has 0 amide bonds. The summed E-state index contributed by atoms with van der Waals surface area (Å²) in [7, 11) is 0. The third-order valence-electron chi connectivity index (χ3n) is 8.40. The Morgan fingerprint density at radius 1 is 0.463 bits per heavy atom. The summed E-state index contributed by atoms with van der Waals surface area (Å²) in [6.45, 7) is 0. The van der Waals surface area contributed by atoms with Gasteiger partial charge in [-0.05, 0) is 66.3 Å². The van der Waals surface area contributed by atoms with Gasteiger partial charge in [0.1, 0.15) is 11.2 Å². The zero-order valence-electron chi connectivity index (χ0n) is 25.0. The Morgan fingerprint density at radius 2 is 1.05 bits per heavy atom. The van der Waals surface area contributed by atoms with Gasteiger partial charge >= 0.3 is 0 Å². The molecule has 9 rings (SSSR count). The largest absolute Gasteiger partial charge is 0.455 e. The van der Waals surface area contributed by atoms with Gasteiger partial charge in [0, 0.05) is 21.9 Å². The van der Waals surface area contributed by atoms with Crippen LogP contribution < -0.4 is 0 Å². The highest BCUT2D eigenvalue weighted by molar-refractivity contribution is 6.26. The first kappa shape index (κ1) is 19.6. The lowest BCUT2D eigenvalue weighted by atomic mass is 9.85. The summed E-state index contributed by atoms with van der Waals surface area (Å²) in [6.07, 6.45) is 0. The summed E-state index contributed by atoms with van der Waals surface area (Å²) < 4.78 is 33.9. The molecule has 0 saturated heterocycles. The fraction of sp³-hybridized carbons (Fsp3) is 0.